The zero-order valence-corrected chi connectivity index (χ0v) is 22.0. The molecule has 3 aromatic heterocycles. The van der Waals surface area contributed by atoms with E-state index in [1.807, 2.05) is 17.9 Å². The summed E-state index contributed by atoms with van der Waals surface area (Å²) in [6, 6.07) is 0. The van der Waals surface area contributed by atoms with Crippen molar-refractivity contribution in [1.82, 2.24) is 34.0 Å². The number of amides is 2. The van der Waals surface area contributed by atoms with E-state index in [-0.39, 0.29) is 29.3 Å². The predicted octanol–water partition coefficient (Wildman–Crippen LogP) is -0.101. The highest BCUT2D eigenvalue weighted by Gasteiger charge is 2.30. The second-order valence-corrected chi connectivity index (χ2v) is 9.50. The highest BCUT2D eigenvalue weighted by atomic mass is 16.5. The van der Waals surface area contributed by atoms with Crippen LogP contribution in [0, 0.1) is 6.92 Å². The van der Waals surface area contributed by atoms with Crippen molar-refractivity contribution >= 4 is 28.9 Å². The summed E-state index contributed by atoms with van der Waals surface area (Å²) in [5.41, 5.74) is 7.41. The largest absolute Gasteiger partial charge is 0.504 e. The molecule has 2 amide bonds. The van der Waals surface area contributed by atoms with Gasteiger partial charge in [-0.2, -0.15) is 9.50 Å². The molecule has 0 unspecified atom stereocenters. The number of hydrogen-bond acceptors (Lipinski definition) is 10. The quantitative estimate of drug-likeness (QED) is 0.432. The number of aromatic nitrogens is 6. The lowest BCUT2D eigenvalue weighted by Crippen LogP contribution is -2.51. The van der Waals surface area contributed by atoms with Crippen LogP contribution in [0.15, 0.2) is 17.2 Å². The first-order chi connectivity index (χ1) is 18.8. The number of rotatable bonds is 6. The van der Waals surface area contributed by atoms with Gasteiger partial charge in [0.1, 0.15) is 18.6 Å². The molecule has 3 N–H and O–H groups in total. The second-order valence-electron chi connectivity index (χ2n) is 9.50. The molecule has 0 spiro atoms. The van der Waals surface area contributed by atoms with Crippen LogP contribution in [0.2, 0.25) is 0 Å². The summed E-state index contributed by atoms with van der Waals surface area (Å²) in [4.78, 5) is 54.9. The highest BCUT2D eigenvalue weighted by molar-refractivity contribution is 5.95. The number of aromatic hydroxyl groups is 1. The number of anilines is 1. The molecule has 0 saturated carbocycles. The van der Waals surface area contributed by atoms with Gasteiger partial charge in [0, 0.05) is 32.8 Å². The third kappa shape index (κ3) is 4.94. The van der Waals surface area contributed by atoms with E-state index in [2.05, 4.69) is 20.1 Å². The second kappa shape index (κ2) is 10.8. The summed E-state index contributed by atoms with van der Waals surface area (Å²) < 4.78 is 8.39. The molecule has 206 valence electrons. The fourth-order valence-electron chi connectivity index (χ4n) is 5.04. The standard InChI is InChI=1S/C25H31N9O5/c1-3-17-20(31-7-9-32(10-8-31)23(37)19-21(36)15(2)27-14-28-19)24(38)34-25(33(17)13-18(26)35)29-22(30-34)16-5-4-11-39-12-6-16/h6,14,36H,3-5,7-13H2,1-2H3,(H2,26,35). The number of ether oxygens (including phenoxy) is 1. The Labute approximate surface area is 223 Å². The molecule has 1 saturated heterocycles. The Morgan fingerprint density at radius 3 is 2.67 bits per heavy atom. The number of fused-ring (bicyclic) bond motifs is 1. The Balaban J connectivity index is 1.51. The van der Waals surface area contributed by atoms with Gasteiger partial charge < -0.3 is 29.9 Å². The molecule has 2 aliphatic heterocycles. The highest BCUT2D eigenvalue weighted by Crippen LogP contribution is 2.25. The summed E-state index contributed by atoms with van der Waals surface area (Å²) in [5, 5.41) is 14.8. The third-order valence-corrected chi connectivity index (χ3v) is 7.03. The van der Waals surface area contributed by atoms with Crippen LogP contribution >= 0.6 is 0 Å². The first kappa shape index (κ1) is 26.3. The van der Waals surface area contributed by atoms with E-state index in [1.54, 1.807) is 16.4 Å². The summed E-state index contributed by atoms with van der Waals surface area (Å²) in [7, 11) is 0. The molecule has 0 aliphatic carbocycles. The average Bonchev–Trinajstić information content (AvgIpc) is 3.20. The molecular formula is C25H31N9O5. The van der Waals surface area contributed by atoms with E-state index >= 15 is 0 Å². The summed E-state index contributed by atoms with van der Waals surface area (Å²) in [5.74, 6) is -0.538. The van der Waals surface area contributed by atoms with Gasteiger partial charge in [-0.05, 0) is 31.8 Å². The zero-order valence-electron chi connectivity index (χ0n) is 22.0. The number of primary amides is 1. The third-order valence-electron chi connectivity index (χ3n) is 7.03. The van der Waals surface area contributed by atoms with Crippen LogP contribution in [0.4, 0.5) is 5.69 Å². The SMILES string of the molecule is CCc1c(N2CCN(C(=O)c3ncnc(C)c3O)CC2)c(=O)n2nc(C3=CCOCCC3)nc2n1CC(N)=O. The van der Waals surface area contributed by atoms with Crippen molar-refractivity contribution in [2.75, 3.05) is 44.3 Å². The Morgan fingerprint density at radius 2 is 1.95 bits per heavy atom. The number of carbonyl (C=O) groups excluding carboxylic acids is 2. The van der Waals surface area contributed by atoms with Crippen LogP contribution in [0.3, 0.4) is 0 Å². The number of nitrogens with two attached hydrogens (primary N) is 1. The van der Waals surface area contributed by atoms with Gasteiger partial charge in [-0.15, -0.1) is 5.10 Å². The normalized spacial score (nSPS) is 16.3. The fourth-order valence-corrected chi connectivity index (χ4v) is 5.04. The maximum Gasteiger partial charge on any atom is 0.299 e. The van der Waals surface area contributed by atoms with E-state index in [1.165, 1.54) is 10.8 Å². The molecule has 14 heteroatoms. The lowest BCUT2D eigenvalue weighted by molar-refractivity contribution is -0.118. The van der Waals surface area contributed by atoms with Gasteiger partial charge in [-0.3, -0.25) is 14.4 Å². The van der Waals surface area contributed by atoms with Crippen molar-refractivity contribution in [3.05, 3.63) is 45.7 Å². The fraction of sp³-hybridized carbons (Fsp3) is 0.480. The average molecular weight is 538 g/mol. The minimum Gasteiger partial charge on any atom is -0.504 e. The maximum atomic E-state index is 13.8. The van der Waals surface area contributed by atoms with E-state index in [4.69, 9.17) is 10.5 Å². The number of hydrogen-bond donors (Lipinski definition) is 2. The molecule has 0 aromatic carbocycles. The van der Waals surface area contributed by atoms with Gasteiger partial charge >= 0.3 is 0 Å². The van der Waals surface area contributed by atoms with Crippen LogP contribution in [-0.4, -0.2) is 90.3 Å². The first-order valence-corrected chi connectivity index (χ1v) is 12.9. The minimum absolute atomic E-state index is 0.0520. The van der Waals surface area contributed by atoms with Gasteiger partial charge in [0.15, 0.2) is 17.3 Å². The molecule has 0 radical (unpaired) electrons. The molecule has 1 fully saturated rings. The number of carbonyl (C=O) groups is 2. The molecular weight excluding hydrogens is 506 g/mol. The summed E-state index contributed by atoms with van der Waals surface area (Å²) in [6.45, 7) is 5.71. The van der Waals surface area contributed by atoms with Gasteiger partial charge in [-0.25, -0.2) is 9.97 Å². The van der Waals surface area contributed by atoms with E-state index in [0.717, 1.165) is 12.0 Å². The van der Waals surface area contributed by atoms with Gasteiger partial charge in [-0.1, -0.05) is 13.0 Å². The zero-order chi connectivity index (χ0) is 27.7. The molecule has 14 nitrogen and oxygen atoms in total. The molecule has 0 bridgehead atoms. The van der Waals surface area contributed by atoms with E-state index in [9.17, 15) is 19.5 Å². The molecule has 5 rings (SSSR count). The van der Waals surface area contributed by atoms with Gasteiger partial charge in [0.25, 0.3) is 11.5 Å². The monoisotopic (exact) mass is 537 g/mol. The summed E-state index contributed by atoms with van der Waals surface area (Å²) >= 11 is 0. The lowest BCUT2D eigenvalue weighted by atomic mass is 10.1. The van der Waals surface area contributed by atoms with Crippen molar-refractivity contribution in [2.45, 2.75) is 39.7 Å². The van der Waals surface area contributed by atoms with E-state index < -0.39 is 11.8 Å². The van der Waals surface area contributed by atoms with Crippen molar-refractivity contribution in [1.29, 1.82) is 0 Å². The van der Waals surface area contributed by atoms with Crippen LogP contribution in [0.5, 0.6) is 5.75 Å². The van der Waals surface area contributed by atoms with Crippen molar-refractivity contribution in [2.24, 2.45) is 5.73 Å². The predicted molar refractivity (Wildman–Crippen MR) is 140 cm³/mol. The smallest absolute Gasteiger partial charge is 0.299 e. The van der Waals surface area contributed by atoms with Crippen LogP contribution in [0.25, 0.3) is 11.4 Å². The molecule has 0 atom stereocenters. The van der Waals surface area contributed by atoms with Gasteiger partial charge in [0.2, 0.25) is 11.7 Å². The number of piperazine rings is 1. The lowest BCUT2D eigenvalue weighted by Gasteiger charge is -2.36. The maximum absolute atomic E-state index is 13.8. The van der Waals surface area contributed by atoms with Crippen LogP contribution in [0.1, 0.15) is 47.5 Å². The Morgan fingerprint density at radius 1 is 1.18 bits per heavy atom. The number of allylic oxidation sites excluding steroid dienone is 1. The summed E-state index contributed by atoms with van der Waals surface area (Å²) in [6.07, 6.45) is 5.13. The molecule has 5 heterocycles. The van der Waals surface area contributed by atoms with Crippen LogP contribution in [-0.2, 0) is 22.5 Å². The minimum atomic E-state index is -0.566. The Hall–Kier alpha value is -4.33. The Kier molecular flexibility index (Phi) is 7.28. The topological polar surface area (TPSA) is 174 Å². The number of aryl methyl sites for hydroxylation is 1. The molecule has 39 heavy (non-hydrogen) atoms. The molecule has 3 aromatic rings. The molecule has 2 aliphatic rings. The van der Waals surface area contributed by atoms with Crippen molar-refractivity contribution in [3.63, 3.8) is 0 Å². The van der Waals surface area contributed by atoms with Crippen molar-refractivity contribution in [3.8, 4) is 5.75 Å². The number of nitrogens with zero attached hydrogens (tertiary/aromatic N) is 8. The first-order valence-electron chi connectivity index (χ1n) is 12.9. The van der Waals surface area contributed by atoms with Crippen LogP contribution < -0.4 is 16.2 Å². The van der Waals surface area contributed by atoms with Crippen molar-refractivity contribution < 1.29 is 19.4 Å². The van der Waals surface area contributed by atoms with E-state index in [0.29, 0.717) is 75.1 Å². The van der Waals surface area contributed by atoms with Gasteiger partial charge in [0.05, 0.1) is 18.0 Å². The Bertz CT molecular complexity index is 1520.